The van der Waals surface area contributed by atoms with E-state index >= 15 is 0 Å². The largest absolute Gasteiger partial charge is 0.485 e. The lowest BCUT2D eigenvalue weighted by Crippen LogP contribution is -2.57. The van der Waals surface area contributed by atoms with Gasteiger partial charge < -0.3 is 4.74 Å². The summed E-state index contributed by atoms with van der Waals surface area (Å²) in [6, 6.07) is 0. The van der Waals surface area contributed by atoms with Crippen molar-refractivity contribution in [3.05, 3.63) is 11.4 Å². The number of ether oxygens (including phenoxy) is 1. The number of Topliss-reactive ketones (excluding diaryl/α,β-unsaturated/α-hetero) is 1. The van der Waals surface area contributed by atoms with Gasteiger partial charge in [-0.15, -0.1) is 0 Å². The van der Waals surface area contributed by atoms with Crippen LogP contribution in [0.1, 0.15) is 49.9 Å². The van der Waals surface area contributed by atoms with Crippen molar-refractivity contribution in [3.8, 4) is 5.75 Å². The van der Waals surface area contributed by atoms with Gasteiger partial charge in [-0.25, -0.2) is 0 Å². The van der Waals surface area contributed by atoms with E-state index in [2.05, 4.69) is 5.10 Å². The van der Waals surface area contributed by atoms with E-state index in [-0.39, 0.29) is 11.5 Å². The maximum absolute atomic E-state index is 12.1. The van der Waals surface area contributed by atoms with E-state index in [4.69, 9.17) is 4.74 Å². The minimum absolute atomic E-state index is 0.0712. The quantitative estimate of drug-likeness (QED) is 0.823. The van der Waals surface area contributed by atoms with Crippen molar-refractivity contribution in [1.29, 1.82) is 0 Å². The smallest absolute Gasteiger partial charge is 0.163 e. The van der Waals surface area contributed by atoms with Crippen LogP contribution in [0, 0.1) is 19.3 Å². The molecule has 2 aliphatic carbocycles. The Morgan fingerprint density at radius 3 is 2.47 bits per heavy atom. The van der Waals surface area contributed by atoms with Crippen molar-refractivity contribution in [1.82, 2.24) is 9.78 Å². The van der Waals surface area contributed by atoms with Gasteiger partial charge in [-0.05, 0) is 26.7 Å². The predicted molar refractivity (Wildman–Crippen MR) is 72.2 cm³/mol. The number of ketones is 1. The normalized spacial score (nSPS) is 25.4. The van der Waals surface area contributed by atoms with E-state index in [1.807, 2.05) is 25.6 Å². The molecule has 0 aliphatic heterocycles. The molecule has 1 unspecified atom stereocenters. The maximum Gasteiger partial charge on any atom is 0.163 e. The monoisotopic (exact) mass is 262 g/mol. The molecule has 19 heavy (non-hydrogen) atoms. The number of hydrogen-bond donors (Lipinski definition) is 0. The fourth-order valence-corrected chi connectivity index (χ4v) is 3.62. The van der Waals surface area contributed by atoms with Gasteiger partial charge in [0.25, 0.3) is 0 Å². The molecule has 0 saturated heterocycles. The Kier molecular flexibility index (Phi) is 2.91. The fourth-order valence-electron chi connectivity index (χ4n) is 3.62. The van der Waals surface area contributed by atoms with Crippen LogP contribution in [0.15, 0.2) is 0 Å². The summed E-state index contributed by atoms with van der Waals surface area (Å²) >= 11 is 0. The van der Waals surface area contributed by atoms with Crippen molar-refractivity contribution < 1.29 is 9.53 Å². The maximum atomic E-state index is 12.1. The molecule has 2 saturated carbocycles. The van der Waals surface area contributed by atoms with Crippen molar-refractivity contribution in [2.75, 3.05) is 0 Å². The highest BCUT2D eigenvalue weighted by atomic mass is 16.5. The lowest BCUT2D eigenvalue weighted by atomic mass is 9.57. The van der Waals surface area contributed by atoms with Crippen LogP contribution in [0.2, 0.25) is 0 Å². The zero-order valence-corrected chi connectivity index (χ0v) is 12.0. The number of aromatic nitrogens is 2. The van der Waals surface area contributed by atoms with E-state index in [1.165, 1.54) is 6.42 Å². The van der Waals surface area contributed by atoms with Gasteiger partial charge in [0.2, 0.25) is 0 Å². The lowest BCUT2D eigenvalue weighted by molar-refractivity contribution is -0.156. The van der Waals surface area contributed by atoms with Crippen molar-refractivity contribution >= 4 is 5.78 Å². The van der Waals surface area contributed by atoms with Crippen LogP contribution >= 0.6 is 0 Å². The second kappa shape index (κ2) is 4.36. The van der Waals surface area contributed by atoms with Crippen LogP contribution in [0.4, 0.5) is 0 Å². The first-order valence-electron chi connectivity index (χ1n) is 7.25. The van der Waals surface area contributed by atoms with Crippen LogP contribution in [-0.4, -0.2) is 21.7 Å². The van der Waals surface area contributed by atoms with Crippen LogP contribution in [0.3, 0.4) is 0 Å². The third-order valence-electron chi connectivity index (χ3n) is 4.99. The molecule has 1 aromatic heterocycles. The zero-order valence-electron chi connectivity index (χ0n) is 12.0. The SMILES string of the molecule is Cc1nn(C)c(C)c1OC1CC(=O)C12CCCCC2. The Balaban J connectivity index is 1.82. The summed E-state index contributed by atoms with van der Waals surface area (Å²) in [6.07, 6.45) is 6.25. The van der Waals surface area contributed by atoms with Gasteiger partial charge >= 0.3 is 0 Å². The summed E-state index contributed by atoms with van der Waals surface area (Å²) in [7, 11) is 1.93. The second-order valence-electron chi connectivity index (χ2n) is 6.07. The molecule has 2 aliphatic rings. The second-order valence-corrected chi connectivity index (χ2v) is 6.07. The van der Waals surface area contributed by atoms with Crippen LogP contribution < -0.4 is 4.74 Å². The first-order chi connectivity index (χ1) is 9.04. The molecule has 1 atom stereocenters. The molecular weight excluding hydrogens is 240 g/mol. The molecule has 1 spiro atoms. The highest BCUT2D eigenvalue weighted by molar-refractivity contribution is 5.92. The number of rotatable bonds is 2. The first kappa shape index (κ1) is 12.7. The third-order valence-corrected chi connectivity index (χ3v) is 4.99. The van der Waals surface area contributed by atoms with E-state index < -0.39 is 0 Å². The highest BCUT2D eigenvalue weighted by Gasteiger charge is 2.56. The van der Waals surface area contributed by atoms with Gasteiger partial charge in [-0.3, -0.25) is 9.48 Å². The van der Waals surface area contributed by atoms with Crippen molar-refractivity contribution in [2.45, 2.75) is 58.5 Å². The van der Waals surface area contributed by atoms with Crippen molar-refractivity contribution in [3.63, 3.8) is 0 Å². The summed E-state index contributed by atoms with van der Waals surface area (Å²) in [6.45, 7) is 3.99. The summed E-state index contributed by atoms with van der Waals surface area (Å²) in [5.41, 5.74) is 1.79. The Morgan fingerprint density at radius 2 is 1.95 bits per heavy atom. The van der Waals surface area contributed by atoms with Gasteiger partial charge in [0.15, 0.2) is 5.75 Å². The van der Waals surface area contributed by atoms with Crippen LogP contribution in [0.5, 0.6) is 5.75 Å². The van der Waals surface area contributed by atoms with Gasteiger partial charge in [0.1, 0.15) is 17.6 Å². The van der Waals surface area contributed by atoms with Gasteiger partial charge in [0, 0.05) is 13.5 Å². The Hall–Kier alpha value is -1.32. The molecule has 0 bridgehead atoms. The minimum atomic E-state index is -0.174. The molecule has 0 aromatic carbocycles. The van der Waals surface area contributed by atoms with E-state index in [9.17, 15) is 4.79 Å². The number of hydrogen-bond acceptors (Lipinski definition) is 3. The molecule has 4 nitrogen and oxygen atoms in total. The zero-order chi connectivity index (χ0) is 13.6. The average Bonchev–Trinajstić information content (AvgIpc) is 2.65. The third kappa shape index (κ3) is 1.80. The molecule has 0 radical (unpaired) electrons. The summed E-state index contributed by atoms with van der Waals surface area (Å²) < 4.78 is 8.04. The number of carbonyl (C=O) groups excluding carboxylic acids is 1. The number of nitrogens with zero attached hydrogens (tertiary/aromatic N) is 2. The predicted octanol–water partition coefficient (Wildman–Crippen LogP) is 2.71. The molecule has 3 rings (SSSR count). The van der Waals surface area contributed by atoms with Crippen molar-refractivity contribution in [2.24, 2.45) is 12.5 Å². The first-order valence-corrected chi connectivity index (χ1v) is 7.25. The molecule has 104 valence electrons. The molecule has 1 heterocycles. The van der Waals surface area contributed by atoms with Gasteiger partial charge in [-0.2, -0.15) is 5.10 Å². The van der Waals surface area contributed by atoms with E-state index in [0.29, 0.717) is 12.2 Å². The Labute approximate surface area is 114 Å². The van der Waals surface area contributed by atoms with Gasteiger partial charge in [0.05, 0.1) is 11.1 Å². The fraction of sp³-hybridized carbons (Fsp3) is 0.733. The molecule has 4 heteroatoms. The topological polar surface area (TPSA) is 44.1 Å². The van der Waals surface area contributed by atoms with E-state index in [0.717, 1.165) is 42.8 Å². The summed E-state index contributed by atoms with van der Waals surface area (Å²) in [4.78, 5) is 12.1. The molecule has 2 fully saturated rings. The summed E-state index contributed by atoms with van der Waals surface area (Å²) in [5.74, 6) is 1.29. The standard InChI is InChI=1S/C15H22N2O2/c1-10-14(11(2)17(3)16-10)19-13-9-12(18)15(13)7-5-4-6-8-15/h13H,4-9H2,1-3H3. The number of carbonyl (C=O) groups is 1. The minimum Gasteiger partial charge on any atom is -0.485 e. The molecule has 1 aromatic rings. The molecule has 0 amide bonds. The highest BCUT2D eigenvalue weighted by Crippen LogP contribution is 2.50. The molecule has 0 N–H and O–H groups in total. The Morgan fingerprint density at radius 1 is 1.26 bits per heavy atom. The van der Waals surface area contributed by atoms with Crippen LogP contribution in [0.25, 0.3) is 0 Å². The molecular formula is C15H22N2O2. The van der Waals surface area contributed by atoms with Gasteiger partial charge in [-0.1, -0.05) is 19.3 Å². The van der Waals surface area contributed by atoms with Crippen LogP contribution in [-0.2, 0) is 11.8 Å². The number of aryl methyl sites for hydroxylation is 2. The van der Waals surface area contributed by atoms with E-state index in [1.54, 1.807) is 0 Å². The summed E-state index contributed by atoms with van der Waals surface area (Å²) in [5, 5.41) is 4.38. The lowest BCUT2D eigenvalue weighted by Gasteiger charge is -2.49. The average molecular weight is 262 g/mol. The Bertz CT molecular complexity index is 512.